The quantitative estimate of drug-likeness (QED) is 0.221. The average Bonchev–Trinajstić information content (AvgIpc) is 3.36. The van der Waals surface area contributed by atoms with Gasteiger partial charge in [0.05, 0.1) is 34.9 Å². The molecule has 0 aliphatic carbocycles. The van der Waals surface area contributed by atoms with E-state index in [-0.39, 0.29) is 0 Å². The Labute approximate surface area is 232 Å². The van der Waals surface area contributed by atoms with Gasteiger partial charge in [-0.1, -0.05) is 72.8 Å². The maximum atomic E-state index is 10.0. The van der Waals surface area contributed by atoms with Gasteiger partial charge in [-0.25, -0.2) is 4.85 Å². The molecule has 1 aromatic heterocycles. The van der Waals surface area contributed by atoms with Gasteiger partial charge in [-0.05, 0) is 71.4 Å². The molecule has 0 saturated carbocycles. The van der Waals surface area contributed by atoms with Crippen molar-refractivity contribution in [1.82, 2.24) is 4.57 Å². The van der Waals surface area contributed by atoms with Crippen LogP contribution in [0.2, 0.25) is 0 Å². The average molecular weight is 511 g/mol. The van der Waals surface area contributed by atoms with Crippen molar-refractivity contribution in [3.05, 3.63) is 150 Å². The van der Waals surface area contributed by atoms with Crippen LogP contribution in [0, 0.1) is 17.9 Å². The third-order valence-electron chi connectivity index (χ3n) is 7.40. The van der Waals surface area contributed by atoms with E-state index in [4.69, 9.17) is 6.57 Å². The first-order valence-corrected chi connectivity index (χ1v) is 13.0. The molecule has 1 heterocycles. The first-order chi connectivity index (χ1) is 19.8. The van der Waals surface area contributed by atoms with Crippen molar-refractivity contribution in [2.24, 2.45) is 0 Å². The van der Waals surface area contributed by atoms with E-state index >= 15 is 0 Å². The second-order valence-electron chi connectivity index (χ2n) is 9.65. The lowest BCUT2D eigenvalue weighted by Gasteiger charge is -2.25. The summed E-state index contributed by atoms with van der Waals surface area (Å²) in [6.45, 7) is 7.42. The Bertz CT molecular complexity index is 2090. The van der Waals surface area contributed by atoms with Crippen LogP contribution >= 0.6 is 0 Å². The first-order valence-electron chi connectivity index (χ1n) is 13.0. The molecule has 0 atom stereocenters. The fraction of sp³-hybridized carbons (Fsp3) is 0. The van der Waals surface area contributed by atoms with E-state index in [1.807, 2.05) is 18.2 Å². The highest BCUT2D eigenvalue weighted by molar-refractivity contribution is 6.22. The molecule has 0 bridgehead atoms. The van der Waals surface area contributed by atoms with Crippen LogP contribution in [0.15, 0.2) is 133 Å². The second kappa shape index (κ2) is 9.48. The minimum Gasteiger partial charge on any atom is -0.310 e. The van der Waals surface area contributed by atoms with Crippen molar-refractivity contribution in [2.75, 3.05) is 4.90 Å². The molecule has 0 N–H and O–H groups in total. The molecule has 0 aliphatic heterocycles. The molecular weight excluding hydrogens is 488 g/mol. The van der Waals surface area contributed by atoms with Crippen molar-refractivity contribution in [2.45, 2.75) is 0 Å². The molecular formula is C36H22N4. The molecule has 7 rings (SSSR count). The number of aromatic nitrogens is 1. The molecule has 6 aromatic carbocycles. The third kappa shape index (κ3) is 3.68. The number of fused-ring (bicyclic) bond motifs is 5. The lowest BCUT2D eigenvalue weighted by atomic mass is 10.0. The Kier molecular flexibility index (Phi) is 5.52. The SMILES string of the molecule is [C-]#[N+]c1ccc(-n2c3ccc(N(c4ccccc4)c4ccccc4)cc3c3c4ccccc4ccc32)c(C#N)c1. The molecule has 0 fully saturated rings. The molecule has 4 heteroatoms. The maximum absolute atomic E-state index is 10.0. The zero-order valence-electron chi connectivity index (χ0n) is 21.5. The van der Waals surface area contributed by atoms with Gasteiger partial charge in [0.25, 0.3) is 0 Å². The normalized spacial score (nSPS) is 10.9. The fourth-order valence-corrected chi connectivity index (χ4v) is 5.66. The van der Waals surface area contributed by atoms with Crippen molar-refractivity contribution in [3.8, 4) is 11.8 Å². The van der Waals surface area contributed by atoms with E-state index in [0.29, 0.717) is 11.3 Å². The summed E-state index contributed by atoms with van der Waals surface area (Å²) in [6.07, 6.45) is 0. The summed E-state index contributed by atoms with van der Waals surface area (Å²) in [4.78, 5) is 5.80. The molecule has 4 nitrogen and oxygen atoms in total. The minimum absolute atomic E-state index is 0.454. The Morgan fingerprint density at radius 1 is 0.625 bits per heavy atom. The maximum Gasteiger partial charge on any atom is 0.188 e. The smallest absolute Gasteiger partial charge is 0.188 e. The zero-order valence-corrected chi connectivity index (χ0v) is 21.5. The van der Waals surface area contributed by atoms with E-state index in [0.717, 1.165) is 55.3 Å². The van der Waals surface area contributed by atoms with Gasteiger partial charge in [0.1, 0.15) is 0 Å². The minimum atomic E-state index is 0.454. The van der Waals surface area contributed by atoms with Gasteiger partial charge in [-0.3, -0.25) is 0 Å². The number of hydrogen-bond acceptors (Lipinski definition) is 2. The summed E-state index contributed by atoms with van der Waals surface area (Å²) in [5.41, 5.74) is 6.90. The predicted octanol–water partition coefficient (Wildman–Crippen LogP) is 9.83. The number of anilines is 3. The van der Waals surface area contributed by atoms with Crippen molar-refractivity contribution in [1.29, 1.82) is 5.26 Å². The Hall–Kier alpha value is -5.84. The number of nitrogens with zero attached hydrogens (tertiary/aromatic N) is 4. The van der Waals surface area contributed by atoms with Gasteiger partial charge in [0, 0.05) is 27.8 Å². The highest BCUT2D eigenvalue weighted by Crippen LogP contribution is 2.42. The predicted molar refractivity (Wildman–Crippen MR) is 164 cm³/mol. The summed E-state index contributed by atoms with van der Waals surface area (Å²) < 4.78 is 2.16. The van der Waals surface area contributed by atoms with Gasteiger partial charge in [0.2, 0.25) is 0 Å². The molecule has 0 spiro atoms. The van der Waals surface area contributed by atoms with Gasteiger partial charge in [-0.15, -0.1) is 0 Å². The van der Waals surface area contributed by atoms with Crippen LogP contribution in [-0.4, -0.2) is 4.57 Å². The van der Waals surface area contributed by atoms with Crippen molar-refractivity contribution in [3.63, 3.8) is 0 Å². The molecule has 0 saturated heterocycles. The third-order valence-corrected chi connectivity index (χ3v) is 7.40. The van der Waals surface area contributed by atoms with Gasteiger partial charge < -0.3 is 9.47 Å². The molecule has 7 aromatic rings. The Balaban J connectivity index is 1.58. The van der Waals surface area contributed by atoms with Crippen molar-refractivity contribution >= 4 is 55.3 Å². The second-order valence-corrected chi connectivity index (χ2v) is 9.65. The zero-order chi connectivity index (χ0) is 27.1. The highest BCUT2D eigenvalue weighted by atomic mass is 15.1. The monoisotopic (exact) mass is 510 g/mol. The molecule has 0 radical (unpaired) electrons. The Morgan fingerprint density at radius 3 is 2.00 bits per heavy atom. The van der Waals surface area contributed by atoms with Crippen LogP contribution in [0.5, 0.6) is 0 Å². The van der Waals surface area contributed by atoms with E-state index in [2.05, 4.69) is 124 Å². The topological polar surface area (TPSA) is 36.3 Å². The van der Waals surface area contributed by atoms with Crippen LogP contribution < -0.4 is 4.90 Å². The number of para-hydroxylation sites is 2. The highest BCUT2D eigenvalue weighted by Gasteiger charge is 2.20. The van der Waals surface area contributed by atoms with E-state index in [9.17, 15) is 5.26 Å². The van der Waals surface area contributed by atoms with Gasteiger partial charge in [-0.2, -0.15) is 5.26 Å². The lowest BCUT2D eigenvalue weighted by Crippen LogP contribution is -2.09. The molecule has 0 aliphatic rings. The fourth-order valence-electron chi connectivity index (χ4n) is 5.66. The number of rotatable bonds is 4. The summed E-state index contributed by atoms with van der Waals surface area (Å²) in [5, 5.41) is 14.6. The summed E-state index contributed by atoms with van der Waals surface area (Å²) in [5.74, 6) is 0. The van der Waals surface area contributed by atoms with E-state index in [1.165, 1.54) is 0 Å². The standard InChI is InChI=1S/C36H22N4/c1-38-27-17-20-33(26(22-27)24-37)40-34-21-18-30(39(28-11-4-2-5-12-28)29-13-6-3-7-14-29)23-32(34)36-31-15-9-8-10-25(31)16-19-35(36)40/h2-23H. The Morgan fingerprint density at radius 2 is 1.30 bits per heavy atom. The summed E-state index contributed by atoms with van der Waals surface area (Å²) >= 11 is 0. The number of hydrogen-bond donors (Lipinski definition) is 0. The molecule has 40 heavy (non-hydrogen) atoms. The van der Waals surface area contributed by atoms with Crippen molar-refractivity contribution < 1.29 is 0 Å². The van der Waals surface area contributed by atoms with Crippen LogP contribution in [-0.2, 0) is 0 Å². The first kappa shape index (κ1) is 23.3. The van der Waals surface area contributed by atoms with Crippen LogP contribution in [0.1, 0.15) is 5.56 Å². The largest absolute Gasteiger partial charge is 0.310 e. The number of nitriles is 1. The van der Waals surface area contributed by atoms with E-state index in [1.54, 1.807) is 12.1 Å². The van der Waals surface area contributed by atoms with Gasteiger partial charge in [0.15, 0.2) is 5.69 Å². The van der Waals surface area contributed by atoms with Crippen LogP contribution in [0.25, 0.3) is 43.1 Å². The molecule has 0 amide bonds. The van der Waals surface area contributed by atoms with Crippen LogP contribution in [0.4, 0.5) is 22.7 Å². The number of benzene rings is 6. The summed E-state index contributed by atoms with van der Waals surface area (Å²) in [6, 6.07) is 47.6. The summed E-state index contributed by atoms with van der Waals surface area (Å²) in [7, 11) is 0. The lowest BCUT2D eigenvalue weighted by molar-refractivity contribution is 1.17. The molecule has 0 unspecified atom stereocenters. The van der Waals surface area contributed by atoms with E-state index < -0.39 is 0 Å². The van der Waals surface area contributed by atoms with Gasteiger partial charge >= 0.3 is 0 Å². The van der Waals surface area contributed by atoms with Crippen LogP contribution in [0.3, 0.4) is 0 Å². The molecule has 186 valence electrons.